The molecule has 1 rings (SSSR count). The van der Waals surface area contributed by atoms with Crippen molar-refractivity contribution in [1.82, 2.24) is 14.3 Å². The molecule has 0 saturated carbocycles. The first kappa shape index (κ1) is 14.4. The number of ether oxygens (including phenoxy) is 1. The average Bonchev–Trinajstić information content (AvgIpc) is 2.60. The third-order valence-electron chi connectivity index (χ3n) is 1.86. The van der Waals surface area contributed by atoms with Crippen LogP contribution in [-0.2, 0) is 21.8 Å². The highest BCUT2D eigenvalue weighted by Gasteiger charge is 2.21. The minimum Gasteiger partial charge on any atom is -0.394 e. The topological polar surface area (TPSA) is 93.5 Å². The first-order valence-electron chi connectivity index (χ1n) is 4.84. The normalized spacial score (nSPS) is 11.9. The number of halogens is 1. The van der Waals surface area contributed by atoms with E-state index in [0.717, 1.165) is 0 Å². The summed E-state index contributed by atoms with van der Waals surface area (Å²) in [4.78, 5) is 3.70. The Labute approximate surface area is 104 Å². The summed E-state index contributed by atoms with van der Waals surface area (Å²) in [5.41, 5.74) is 0. The molecule has 98 valence electrons. The first-order valence-corrected chi connectivity index (χ1v) is 6.70. The zero-order valence-corrected chi connectivity index (χ0v) is 10.8. The summed E-state index contributed by atoms with van der Waals surface area (Å²) in [7, 11) is -2.12. The highest BCUT2D eigenvalue weighted by molar-refractivity contribution is 7.89. The van der Waals surface area contributed by atoms with Gasteiger partial charge in [-0.1, -0.05) is 11.6 Å². The van der Waals surface area contributed by atoms with E-state index < -0.39 is 10.0 Å². The molecule has 1 aromatic heterocycles. The van der Waals surface area contributed by atoms with Gasteiger partial charge in [0.05, 0.1) is 26.1 Å². The highest BCUT2D eigenvalue weighted by Crippen LogP contribution is 2.17. The molecule has 1 heterocycles. The lowest BCUT2D eigenvalue weighted by Gasteiger charge is -2.05. The van der Waals surface area contributed by atoms with E-state index >= 15 is 0 Å². The van der Waals surface area contributed by atoms with Gasteiger partial charge in [-0.15, -0.1) is 0 Å². The van der Waals surface area contributed by atoms with Gasteiger partial charge in [-0.25, -0.2) is 18.1 Å². The monoisotopic (exact) mass is 283 g/mol. The predicted molar refractivity (Wildman–Crippen MR) is 61.3 cm³/mol. The van der Waals surface area contributed by atoms with Crippen LogP contribution in [0.4, 0.5) is 0 Å². The van der Waals surface area contributed by atoms with Gasteiger partial charge in [-0.05, 0) is 0 Å². The molecule has 0 atom stereocenters. The highest BCUT2D eigenvalue weighted by atomic mass is 35.5. The van der Waals surface area contributed by atoms with Gasteiger partial charge in [-0.2, -0.15) is 0 Å². The largest absolute Gasteiger partial charge is 0.394 e. The quantitative estimate of drug-likeness (QED) is 0.649. The number of sulfonamides is 1. The van der Waals surface area contributed by atoms with Crippen molar-refractivity contribution in [3.8, 4) is 0 Å². The summed E-state index contributed by atoms with van der Waals surface area (Å²) >= 11 is 5.77. The summed E-state index contributed by atoms with van der Waals surface area (Å²) < 4.78 is 32.1. The lowest BCUT2D eigenvalue weighted by molar-refractivity contribution is 0.0961. The number of aliphatic hydroxyl groups excluding tert-OH is 1. The minimum atomic E-state index is -3.71. The second kappa shape index (κ2) is 6.31. The Morgan fingerprint density at radius 1 is 1.59 bits per heavy atom. The van der Waals surface area contributed by atoms with Crippen molar-refractivity contribution in [2.75, 3.05) is 26.4 Å². The number of aryl methyl sites for hydroxylation is 1. The van der Waals surface area contributed by atoms with Gasteiger partial charge in [0.2, 0.25) is 5.03 Å². The Hall–Kier alpha value is -0.670. The zero-order valence-electron chi connectivity index (χ0n) is 9.26. The van der Waals surface area contributed by atoms with E-state index in [1.54, 1.807) is 7.05 Å². The van der Waals surface area contributed by atoms with Crippen molar-refractivity contribution in [2.45, 2.75) is 5.03 Å². The second-order valence-corrected chi connectivity index (χ2v) is 5.23. The van der Waals surface area contributed by atoms with Crippen LogP contribution >= 0.6 is 11.6 Å². The molecular formula is C8H14ClN3O4S. The van der Waals surface area contributed by atoms with Crippen LogP contribution in [0.1, 0.15) is 0 Å². The molecule has 0 aromatic carbocycles. The Bertz CT molecular complexity index is 459. The third-order valence-corrected chi connectivity index (χ3v) is 3.81. The number of rotatable bonds is 7. The molecule has 1 aromatic rings. The molecule has 0 radical (unpaired) electrons. The van der Waals surface area contributed by atoms with Gasteiger partial charge in [0.25, 0.3) is 10.0 Å². The molecule has 0 bridgehead atoms. The molecule has 7 nitrogen and oxygen atoms in total. The molecule has 9 heteroatoms. The van der Waals surface area contributed by atoms with E-state index in [1.807, 2.05) is 0 Å². The van der Waals surface area contributed by atoms with Gasteiger partial charge in [-0.3, -0.25) is 0 Å². The molecule has 2 N–H and O–H groups in total. The van der Waals surface area contributed by atoms with Gasteiger partial charge in [0.15, 0.2) is 0 Å². The minimum absolute atomic E-state index is 0.0498. The fourth-order valence-corrected chi connectivity index (χ4v) is 2.49. The maximum Gasteiger partial charge on any atom is 0.261 e. The molecule has 0 aliphatic heterocycles. The fourth-order valence-electron chi connectivity index (χ4n) is 1.06. The van der Waals surface area contributed by atoms with Crippen LogP contribution in [0.5, 0.6) is 0 Å². The first-order chi connectivity index (χ1) is 7.99. The maximum atomic E-state index is 11.7. The Kier molecular flexibility index (Phi) is 5.34. The average molecular weight is 284 g/mol. The van der Waals surface area contributed by atoms with Crippen molar-refractivity contribution >= 4 is 21.6 Å². The predicted octanol–water partition coefficient (Wildman–Crippen LogP) is -0.639. The van der Waals surface area contributed by atoms with Crippen molar-refractivity contribution in [2.24, 2.45) is 7.05 Å². The van der Waals surface area contributed by atoms with E-state index in [9.17, 15) is 8.42 Å². The second-order valence-electron chi connectivity index (χ2n) is 3.19. The van der Waals surface area contributed by atoms with Crippen LogP contribution in [0.2, 0.25) is 5.15 Å². The lowest BCUT2D eigenvalue weighted by atomic mass is 10.7. The van der Waals surface area contributed by atoms with Crippen LogP contribution in [0, 0.1) is 0 Å². The molecule has 0 aliphatic rings. The summed E-state index contributed by atoms with van der Waals surface area (Å²) in [6.45, 7) is 0.338. The SMILES string of the molecule is Cn1cnc(S(=O)(=O)NCCOCCO)c1Cl. The molecule has 0 saturated heterocycles. The smallest absolute Gasteiger partial charge is 0.261 e. The molecule has 0 amide bonds. The zero-order chi connectivity index (χ0) is 12.9. The van der Waals surface area contributed by atoms with Crippen molar-refractivity contribution in [1.29, 1.82) is 0 Å². The number of hydrogen-bond donors (Lipinski definition) is 2. The van der Waals surface area contributed by atoms with Crippen molar-refractivity contribution < 1.29 is 18.3 Å². The summed E-state index contributed by atoms with van der Waals surface area (Å²) in [5, 5.41) is 8.29. The molecule has 0 aliphatic carbocycles. The van der Waals surface area contributed by atoms with E-state index in [1.165, 1.54) is 10.9 Å². The lowest BCUT2D eigenvalue weighted by Crippen LogP contribution is -2.28. The van der Waals surface area contributed by atoms with E-state index in [0.29, 0.717) is 0 Å². The molecule has 0 spiro atoms. The number of aromatic nitrogens is 2. The Balaban J connectivity index is 2.55. The number of imidazole rings is 1. The maximum absolute atomic E-state index is 11.7. The van der Waals surface area contributed by atoms with Crippen LogP contribution in [0.25, 0.3) is 0 Å². The molecular weight excluding hydrogens is 270 g/mol. The van der Waals surface area contributed by atoms with E-state index in [-0.39, 0.29) is 36.5 Å². The summed E-state index contributed by atoms with van der Waals surface area (Å²) in [6.07, 6.45) is 1.32. The van der Waals surface area contributed by atoms with E-state index in [2.05, 4.69) is 9.71 Å². The number of nitrogens with one attached hydrogen (secondary N) is 1. The molecule has 0 fully saturated rings. The van der Waals surface area contributed by atoms with Crippen molar-refractivity contribution in [3.05, 3.63) is 11.5 Å². The van der Waals surface area contributed by atoms with Gasteiger partial charge >= 0.3 is 0 Å². The standard InChI is InChI=1S/C8H14ClN3O4S/c1-12-6-10-8(7(12)9)17(14,15)11-2-4-16-5-3-13/h6,11,13H,2-5H2,1H3. The van der Waals surface area contributed by atoms with Crippen LogP contribution < -0.4 is 4.72 Å². The molecule has 17 heavy (non-hydrogen) atoms. The van der Waals surface area contributed by atoms with E-state index in [4.69, 9.17) is 21.4 Å². The fraction of sp³-hybridized carbons (Fsp3) is 0.625. The summed E-state index contributed by atoms with van der Waals surface area (Å²) in [6, 6.07) is 0. The van der Waals surface area contributed by atoms with Crippen LogP contribution in [0.15, 0.2) is 11.4 Å². The van der Waals surface area contributed by atoms with Gasteiger partial charge in [0.1, 0.15) is 5.15 Å². The summed E-state index contributed by atoms with van der Waals surface area (Å²) in [5.74, 6) is 0. The number of aliphatic hydroxyl groups is 1. The number of hydrogen-bond acceptors (Lipinski definition) is 5. The van der Waals surface area contributed by atoms with Gasteiger partial charge in [0, 0.05) is 13.6 Å². The Morgan fingerprint density at radius 2 is 2.29 bits per heavy atom. The molecule has 0 unspecified atom stereocenters. The van der Waals surface area contributed by atoms with Gasteiger partial charge < -0.3 is 14.4 Å². The number of nitrogens with zero attached hydrogens (tertiary/aromatic N) is 2. The van der Waals surface area contributed by atoms with Crippen molar-refractivity contribution in [3.63, 3.8) is 0 Å². The Morgan fingerprint density at radius 3 is 2.82 bits per heavy atom. The van der Waals surface area contributed by atoms with Crippen LogP contribution in [-0.4, -0.2) is 49.4 Å². The van der Waals surface area contributed by atoms with Crippen LogP contribution in [0.3, 0.4) is 0 Å². The third kappa shape index (κ3) is 3.93.